The molecule has 0 aromatic carbocycles. The highest BCUT2D eigenvalue weighted by Gasteiger charge is 2.27. The van der Waals surface area contributed by atoms with Crippen molar-refractivity contribution in [1.82, 2.24) is 14.5 Å². The van der Waals surface area contributed by atoms with Crippen LogP contribution in [0.15, 0.2) is 12.1 Å². The van der Waals surface area contributed by atoms with Crippen molar-refractivity contribution in [2.75, 3.05) is 11.9 Å². The average Bonchev–Trinajstić information content (AvgIpc) is 2.80. The Balaban J connectivity index is 1.82. The molecule has 6 heteroatoms. The molecule has 2 aromatic heterocycles. The monoisotopic (exact) mass is 344 g/mol. The van der Waals surface area contributed by atoms with Gasteiger partial charge in [0, 0.05) is 11.7 Å². The Kier molecular flexibility index (Phi) is 4.82. The van der Waals surface area contributed by atoms with Crippen LogP contribution in [0, 0.1) is 12.8 Å². The second-order valence-electron chi connectivity index (χ2n) is 8.00. The standard InChI is InChI=1S/C19H28N4O2/c1-12(11-25-19(3,4)5)17(24)22-18-21-15-10-9-13(2)20-16(15)23(18)14-7-6-8-14/h9-10,12,14H,6-8,11H2,1-5H3,(H,21,22,24)/t12-/m1/s1. The number of pyridine rings is 1. The normalized spacial score (nSPS) is 16.7. The number of aromatic nitrogens is 3. The molecular formula is C19H28N4O2. The van der Waals surface area contributed by atoms with Crippen LogP contribution in [0.25, 0.3) is 11.2 Å². The van der Waals surface area contributed by atoms with Crippen LogP contribution in [0.5, 0.6) is 0 Å². The van der Waals surface area contributed by atoms with Crippen molar-refractivity contribution in [3.63, 3.8) is 0 Å². The Morgan fingerprint density at radius 2 is 2.08 bits per heavy atom. The Bertz CT molecular complexity index is 772. The van der Waals surface area contributed by atoms with Gasteiger partial charge in [-0.05, 0) is 59.1 Å². The van der Waals surface area contributed by atoms with Gasteiger partial charge in [-0.1, -0.05) is 6.92 Å². The first-order valence-corrected chi connectivity index (χ1v) is 9.05. The minimum Gasteiger partial charge on any atom is -0.375 e. The van der Waals surface area contributed by atoms with Gasteiger partial charge in [-0.25, -0.2) is 9.97 Å². The third-order valence-corrected chi connectivity index (χ3v) is 4.57. The average molecular weight is 344 g/mol. The molecule has 6 nitrogen and oxygen atoms in total. The van der Waals surface area contributed by atoms with E-state index < -0.39 is 0 Å². The van der Waals surface area contributed by atoms with Gasteiger partial charge in [0.25, 0.3) is 0 Å². The van der Waals surface area contributed by atoms with E-state index in [1.54, 1.807) is 0 Å². The first-order valence-electron chi connectivity index (χ1n) is 9.05. The number of nitrogens with zero attached hydrogens (tertiary/aromatic N) is 3. The zero-order chi connectivity index (χ0) is 18.2. The number of anilines is 1. The lowest BCUT2D eigenvalue weighted by Crippen LogP contribution is -2.30. The van der Waals surface area contributed by atoms with Crippen LogP contribution in [0.4, 0.5) is 5.95 Å². The summed E-state index contributed by atoms with van der Waals surface area (Å²) >= 11 is 0. The van der Waals surface area contributed by atoms with E-state index in [-0.39, 0.29) is 17.4 Å². The maximum atomic E-state index is 12.6. The molecule has 1 aliphatic carbocycles. The lowest BCUT2D eigenvalue weighted by molar-refractivity contribution is -0.123. The molecule has 0 bridgehead atoms. The summed E-state index contributed by atoms with van der Waals surface area (Å²) < 4.78 is 7.83. The summed E-state index contributed by atoms with van der Waals surface area (Å²) in [6, 6.07) is 4.29. The van der Waals surface area contributed by atoms with Crippen LogP contribution in [0.2, 0.25) is 0 Å². The maximum absolute atomic E-state index is 12.6. The largest absolute Gasteiger partial charge is 0.375 e. The number of fused-ring (bicyclic) bond motifs is 1. The summed E-state index contributed by atoms with van der Waals surface area (Å²) in [5.74, 6) is 0.283. The number of imidazole rings is 1. The Hall–Kier alpha value is -1.95. The molecular weight excluding hydrogens is 316 g/mol. The van der Waals surface area contributed by atoms with E-state index in [9.17, 15) is 4.79 Å². The zero-order valence-electron chi connectivity index (χ0n) is 15.8. The SMILES string of the molecule is Cc1ccc2nc(NC(=O)[C@H](C)COC(C)(C)C)n(C3CCC3)c2n1. The summed E-state index contributed by atoms with van der Waals surface area (Å²) in [5, 5.41) is 3.00. The fourth-order valence-corrected chi connectivity index (χ4v) is 2.83. The number of nitrogens with one attached hydrogen (secondary N) is 1. The third kappa shape index (κ3) is 4.00. The van der Waals surface area contributed by atoms with Crippen molar-refractivity contribution < 1.29 is 9.53 Å². The maximum Gasteiger partial charge on any atom is 0.231 e. The van der Waals surface area contributed by atoms with Crippen molar-refractivity contribution in [2.45, 2.75) is 65.5 Å². The number of rotatable bonds is 5. The summed E-state index contributed by atoms with van der Waals surface area (Å²) in [7, 11) is 0. The molecule has 0 spiro atoms. The molecule has 2 heterocycles. The molecule has 1 N–H and O–H groups in total. The zero-order valence-corrected chi connectivity index (χ0v) is 15.8. The molecule has 25 heavy (non-hydrogen) atoms. The quantitative estimate of drug-likeness (QED) is 0.894. The molecule has 0 unspecified atom stereocenters. The van der Waals surface area contributed by atoms with Gasteiger partial charge in [0.2, 0.25) is 11.9 Å². The topological polar surface area (TPSA) is 69.0 Å². The molecule has 2 aromatic rings. The van der Waals surface area contributed by atoms with Crippen LogP contribution in [0.3, 0.4) is 0 Å². The van der Waals surface area contributed by atoms with Gasteiger partial charge in [-0.2, -0.15) is 0 Å². The number of hydrogen-bond acceptors (Lipinski definition) is 4. The number of ether oxygens (including phenoxy) is 1. The van der Waals surface area contributed by atoms with Crippen molar-refractivity contribution in [1.29, 1.82) is 0 Å². The lowest BCUT2D eigenvalue weighted by Gasteiger charge is -2.29. The van der Waals surface area contributed by atoms with E-state index >= 15 is 0 Å². The van der Waals surface area contributed by atoms with Crippen LogP contribution in [-0.2, 0) is 9.53 Å². The second-order valence-corrected chi connectivity index (χ2v) is 8.00. The molecule has 1 amide bonds. The predicted octanol–water partition coefficient (Wildman–Crippen LogP) is 3.85. The van der Waals surface area contributed by atoms with Crippen molar-refractivity contribution in [3.05, 3.63) is 17.8 Å². The van der Waals surface area contributed by atoms with E-state index in [0.717, 1.165) is 29.7 Å². The predicted molar refractivity (Wildman–Crippen MR) is 98.7 cm³/mol. The van der Waals surface area contributed by atoms with Gasteiger partial charge in [0.1, 0.15) is 5.52 Å². The molecule has 1 saturated carbocycles. The fourth-order valence-electron chi connectivity index (χ4n) is 2.83. The van der Waals surface area contributed by atoms with E-state index in [1.807, 2.05) is 46.8 Å². The fraction of sp³-hybridized carbons (Fsp3) is 0.632. The number of aryl methyl sites for hydroxylation is 1. The highest BCUT2D eigenvalue weighted by Crippen LogP contribution is 2.36. The van der Waals surface area contributed by atoms with Gasteiger partial charge in [0.15, 0.2) is 5.65 Å². The number of amides is 1. The van der Waals surface area contributed by atoms with Crippen molar-refractivity contribution >= 4 is 23.0 Å². The molecule has 3 rings (SSSR count). The van der Waals surface area contributed by atoms with Crippen LogP contribution >= 0.6 is 0 Å². The van der Waals surface area contributed by atoms with Crippen molar-refractivity contribution in [3.8, 4) is 0 Å². The van der Waals surface area contributed by atoms with Crippen LogP contribution in [-0.4, -0.2) is 32.7 Å². The van der Waals surface area contributed by atoms with E-state index in [0.29, 0.717) is 18.6 Å². The van der Waals surface area contributed by atoms with Gasteiger partial charge in [-0.15, -0.1) is 0 Å². The van der Waals surface area contributed by atoms with E-state index in [4.69, 9.17) is 4.74 Å². The smallest absolute Gasteiger partial charge is 0.231 e. The summed E-state index contributed by atoms with van der Waals surface area (Å²) in [6.45, 7) is 10.2. The lowest BCUT2D eigenvalue weighted by atomic mass is 9.93. The summed E-state index contributed by atoms with van der Waals surface area (Å²) in [5.41, 5.74) is 2.39. The Morgan fingerprint density at radius 3 is 2.68 bits per heavy atom. The minimum atomic E-state index is -0.255. The van der Waals surface area contributed by atoms with Gasteiger partial charge >= 0.3 is 0 Å². The number of carbonyl (C=O) groups is 1. The van der Waals surface area contributed by atoms with Gasteiger partial charge in [-0.3, -0.25) is 14.7 Å². The molecule has 1 fully saturated rings. The van der Waals surface area contributed by atoms with Crippen LogP contribution in [0.1, 0.15) is 58.7 Å². The van der Waals surface area contributed by atoms with Gasteiger partial charge in [0.05, 0.1) is 18.1 Å². The minimum absolute atomic E-state index is 0.0724. The molecule has 0 aliphatic heterocycles. The Labute approximate surface area is 149 Å². The first-order chi connectivity index (χ1) is 11.7. The third-order valence-electron chi connectivity index (χ3n) is 4.57. The summed E-state index contributed by atoms with van der Waals surface area (Å²) in [6.07, 6.45) is 3.42. The molecule has 1 atom stereocenters. The highest BCUT2D eigenvalue weighted by molar-refractivity contribution is 5.92. The highest BCUT2D eigenvalue weighted by atomic mass is 16.5. The number of hydrogen-bond donors (Lipinski definition) is 1. The second kappa shape index (κ2) is 6.75. The Morgan fingerprint density at radius 1 is 1.36 bits per heavy atom. The van der Waals surface area contributed by atoms with E-state index in [2.05, 4.69) is 19.9 Å². The molecule has 136 valence electrons. The summed E-state index contributed by atoms with van der Waals surface area (Å²) in [4.78, 5) is 21.8. The number of carbonyl (C=O) groups excluding carboxylic acids is 1. The van der Waals surface area contributed by atoms with Gasteiger partial charge < -0.3 is 4.74 Å². The van der Waals surface area contributed by atoms with Crippen molar-refractivity contribution in [2.24, 2.45) is 5.92 Å². The molecule has 1 aliphatic rings. The molecule has 0 saturated heterocycles. The first kappa shape index (κ1) is 17.9. The van der Waals surface area contributed by atoms with Crippen LogP contribution < -0.4 is 5.32 Å². The van der Waals surface area contributed by atoms with E-state index in [1.165, 1.54) is 6.42 Å². The molecule has 0 radical (unpaired) electrons.